The standard InChI is InChI=1S/C16H25FN2O/c1-3-18-16(14-8-4-5-9-15(14)17)12-19-10-6-7-13(11-19)20-2/h4-5,8-9,13,16,18H,3,6-7,10-12H2,1-2H3. The molecule has 1 N–H and O–H groups in total. The molecular weight excluding hydrogens is 255 g/mol. The van der Waals surface area contributed by atoms with Crippen LogP contribution in [0, 0.1) is 5.82 Å². The molecule has 2 unspecified atom stereocenters. The van der Waals surface area contributed by atoms with Crippen molar-refractivity contribution >= 4 is 0 Å². The van der Waals surface area contributed by atoms with E-state index in [1.165, 1.54) is 6.07 Å². The second-order valence-corrected chi connectivity index (χ2v) is 5.39. The highest BCUT2D eigenvalue weighted by atomic mass is 19.1. The van der Waals surface area contributed by atoms with Crippen LogP contribution in [0.2, 0.25) is 0 Å². The summed E-state index contributed by atoms with van der Waals surface area (Å²) < 4.78 is 19.4. The summed E-state index contributed by atoms with van der Waals surface area (Å²) in [4.78, 5) is 2.37. The molecule has 1 aromatic rings. The van der Waals surface area contributed by atoms with E-state index in [0.717, 1.165) is 44.6 Å². The van der Waals surface area contributed by atoms with Crippen molar-refractivity contribution in [2.24, 2.45) is 0 Å². The zero-order valence-corrected chi connectivity index (χ0v) is 12.4. The van der Waals surface area contributed by atoms with Crippen molar-refractivity contribution in [3.63, 3.8) is 0 Å². The second kappa shape index (κ2) is 7.72. The molecule has 0 saturated carbocycles. The Labute approximate surface area is 121 Å². The van der Waals surface area contributed by atoms with Crippen molar-refractivity contribution in [2.45, 2.75) is 31.9 Å². The van der Waals surface area contributed by atoms with Crippen LogP contribution in [0.1, 0.15) is 31.4 Å². The van der Waals surface area contributed by atoms with Gasteiger partial charge in [-0.05, 0) is 32.0 Å². The van der Waals surface area contributed by atoms with Gasteiger partial charge >= 0.3 is 0 Å². The smallest absolute Gasteiger partial charge is 0.128 e. The normalized spacial score (nSPS) is 21.9. The van der Waals surface area contributed by atoms with Gasteiger partial charge in [0.15, 0.2) is 0 Å². The third kappa shape index (κ3) is 4.01. The SMILES string of the molecule is CCNC(CN1CCCC(OC)C1)c1ccccc1F. The molecule has 3 nitrogen and oxygen atoms in total. The zero-order valence-electron chi connectivity index (χ0n) is 12.4. The van der Waals surface area contributed by atoms with Gasteiger partial charge < -0.3 is 10.1 Å². The van der Waals surface area contributed by atoms with Crippen LogP contribution in [0.4, 0.5) is 4.39 Å². The summed E-state index contributed by atoms with van der Waals surface area (Å²) in [5.74, 6) is -0.126. The molecule has 1 heterocycles. The first-order valence-electron chi connectivity index (χ1n) is 7.47. The van der Waals surface area contributed by atoms with Crippen LogP contribution in [-0.2, 0) is 4.74 Å². The van der Waals surface area contributed by atoms with Crippen LogP contribution >= 0.6 is 0 Å². The lowest BCUT2D eigenvalue weighted by molar-refractivity contribution is 0.0280. The lowest BCUT2D eigenvalue weighted by Crippen LogP contribution is -2.43. The summed E-state index contributed by atoms with van der Waals surface area (Å²) >= 11 is 0. The van der Waals surface area contributed by atoms with E-state index in [0.29, 0.717) is 6.10 Å². The number of hydrogen-bond acceptors (Lipinski definition) is 3. The Morgan fingerprint density at radius 1 is 1.45 bits per heavy atom. The fourth-order valence-corrected chi connectivity index (χ4v) is 2.91. The predicted octanol–water partition coefficient (Wildman–Crippen LogP) is 2.59. The molecule has 0 bridgehead atoms. The number of nitrogens with zero attached hydrogens (tertiary/aromatic N) is 1. The minimum atomic E-state index is -0.126. The predicted molar refractivity (Wildman–Crippen MR) is 79.3 cm³/mol. The van der Waals surface area contributed by atoms with Crippen molar-refractivity contribution in [3.05, 3.63) is 35.6 Å². The monoisotopic (exact) mass is 280 g/mol. The van der Waals surface area contributed by atoms with Gasteiger partial charge in [0.05, 0.1) is 6.10 Å². The quantitative estimate of drug-likeness (QED) is 0.867. The third-order valence-electron chi connectivity index (χ3n) is 3.97. The Hall–Kier alpha value is -0.970. The van der Waals surface area contributed by atoms with Gasteiger partial charge in [-0.25, -0.2) is 4.39 Å². The Balaban J connectivity index is 2.04. The van der Waals surface area contributed by atoms with Crippen LogP contribution in [0.15, 0.2) is 24.3 Å². The topological polar surface area (TPSA) is 24.5 Å². The van der Waals surface area contributed by atoms with Gasteiger partial charge in [0.25, 0.3) is 0 Å². The maximum Gasteiger partial charge on any atom is 0.128 e. The highest BCUT2D eigenvalue weighted by Crippen LogP contribution is 2.20. The number of likely N-dealkylation sites (tertiary alicyclic amines) is 1. The molecule has 20 heavy (non-hydrogen) atoms. The average molecular weight is 280 g/mol. The van der Waals surface area contributed by atoms with E-state index >= 15 is 0 Å². The van der Waals surface area contributed by atoms with E-state index in [1.807, 2.05) is 12.1 Å². The molecule has 0 radical (unpaired) electrons. The molecule has 2 atom stereocenters. The third-order valence-corrected chi connectivity index (χ3v) is 3.97. The minimum absolute atomic E-state index is 0.0387. The number of piperidine rings is 1. The number of hydrogen-bond donors (Lipinski definition) is 1. The van der Waals surface area contributed by atoms with E-state index in [9.17, 15) is 4.39 Å². The first kappa shape index (κ1) is 15.4. The van der Waals surface area contributed by atoms with E-state index in [4.69, 9.17) is 4.74 Å². The fourth-order valence-electron chi connectivity index (χ4n) is 2.91. The van der Waals surface area contributed by atoms with Gasteiger partial charge in [0.2, 0.25) is 0 Å². The molecule has 1 fully saturated rings. The highest BCUT2D eigenvalue weighted by molar-refractivity contribution is 5.21. The van der Waals surface area contributed by atoms with Crippen molar-refractivity contribution in [1.82, 2.24) is 10.2 Å². The molecule has 112 valence electrons. The number of methoxy groups -OCH3 is 1. The Morgan fingerprint density at radius 3 is 2.95 bits per heavy atom. The Kier molecular flexibility index (Phi) is 5.95. The molecule has 1 aliphatic rings. The summed E-state index contributed by atoms with van der Waals surface area (Å²) in [6.45, 7) is 5.72. The van der Waals surface area contributed by atoms with Gasteiger partial charge in [-0.3, -0.25) is 4.90 Å². The summed E-state index contributed by atoms with van der Waals surface area (Å²) in [5.41, 5.74) is 0.758. The van der Waals surface area contributed by atoms with Crippen molar-refractivity contribution in [3.8, 4) is 0 Å². The van der Waals surface area contributed by atoms with E-state index in [2.05, 4.69) is 17.1 Å². The van der Waals surface area contributed by atoms with Gasteiger partial charge in [0.1, 0.15) is 5.82 Å². The van der Waals surface area contributed by atoms with Crippen LogP contribution in [0.5, 0.6) is 0 Å². The second-order valence-electron chi connectivity index (χ2n) is 5.39. The van der Waals surface area contributed by atoms with E-state index in [1.54, 1.807) is 13.2 Å². The van der Waals surface area contributed by atoms with Crippen LogP contribution < -0.4 is 5.32 Å². The number of benzene rings is 1. The highest BCUT2D eigenvalue weighted by Gasteiger charge is 2.23. The number of likely N-dealkylation sites (N-methyl/N-ethyl adjacent to an activating group) is 1. The maximum absolute atomic E-state index is 14.0. The molecule has 0 aromatic heterocycles. The van der Waals surface area contributed by atoms with Gasteiger partial charge in [0, 0.05) is 31.8 Å². The van der Waals surface area contributed by atoms with Gasteiger partial charge in [-0.1, -0.05) is 25.1 Å². The Bertz CT molecular complexity index is 413. The van der Waals surface area contributed by atoms with Gasteiger partial charge in [-0.15, -0.1) is 0 Å². The molecule has 2 rings (SSSR count). The molecule has 1 aromatic carbocycles. The number of rotatable bonds is 6. The summed E-state index contributed by atoms with van der Waals surface area (Å²) in [6, 6.07) is 7.09. The van der Waals surface area contributed by atoms with Crippen LogP contribution in [0.25, 0.3) is 0 Å². The van der Waals surface area contributed by atoms with Crippen molar-refractivity contribution in [1.29, 1.82) is 0 Å². The average Bonchev–Trinajstić information content (AvgIpc) is 2.47. The molecular formula is C16H25FN2O. The van der Waals surface area contributed by atoms with Crippen molar-refractivity contribution in [2.75, 3.05) is 33.3 Å². The van der Waals surface area contributed by atoms with E-state index < -0.39 is 0 Å². The number of halogens is 1. The lowest BCUT2D eigenvalue weighted by atomic mass is 10.0. The first-order chi connectivity index (χ1) is 9.74. The molecule has 0 spiro atoms. The summed E-state index contributed by atoms with van der Waals surface area (Å²) in [6.07, 6.45) is 2.58. The summed E-state index contributed by atoms with van der Waals surface area (Å²) in [5, 5.41) is 3.40. The largest absolute Gasteiger partial charge is 0.380 e. The number of ether oxygens (including phenoxy) is 1. The van der Waals surface area contributed by atoms with Crippen LogP contribution in [-0.4, -0.2) is 44.3 Å². The molecule has 0 aliphatic carbocycles. The lowest BCUT2D eigenvalue weighted by Gasteiger charge is -2.34. The zero-order chi connectivity index (χ0) is 14.4. The van der Waals surface area contributed by atoms with Crippen molar-refractivity contribution < 1.29 is 9.13 Å². The minimum Gasteiger partial charge on any atom is -0.380 e. The van der Waals surface area contributed by atoms with E-state index in [-0.39, 0.29) is 11.9 Å². The number of nitrogens with one attached hydrogen (secondary N) is 1. The van der Waals surface area contributed by atoms with Crippen LogP contribution in [0.3, 0.4) is 0 Å². The molecule has 4 heteroatoms. The molecule has 1 aliphatic heterocycles. The summed E-state index contributed by atoms with van der Waals surface area (Å²) in [7, 11) is 1.77. The Morgan fingerprint density at radius 2 is 2.25 bits per heavy atom. The molecule has 0 amide bonds. The maximum atomic E-state index is 14.0. The molecule has 1 saturated heterocycles. The van der Waals surface area contributed by atoms with Gasteiger partial charge in [-0.2, -0.15) is 0 Å². The first-order valence-corrected chi connectivity index (χ1v) is 7.47. The fraction of sp³-hybridized carbons (Fsp3) is 0.625.